The molecule has 0 fully saturated rings. The molecule has 0 bridgehead atoms. The molecule has 1 amide bonds. The van der Waals surface area contributed by atoms with Crippen LogP contribution in [0, 0.1) is 0 Å². The van der Waals surface area contributed by atoms with Crippen molar-refractivity contribution in [3.05, 3.63) is 29.8 Å². The molecule has 0 aromatic heterocycles. The van der Waals surface area contributed by atoms with Gasteiger partial charge in [0.05, 0.1) is 0 Å². The van der Waals surface area contributed by atoms with Crippen molar-refractivity contribution in [2.24, 2.45) is 5.73 Å². The fraction of sp³-hybridized carbons (Fsp3) is 0.462. The number of nitrogens with one attached hydrogen (secondary N) is 1. The van der Waals surface area contributed by atoms with Gasteiger partial charge < -0.3 is 15.8 Å². The molecule has 94 valence electrons. The number of ether oxygens (including phenoxy) is 1. The van der Waals surface area contributed by atoms with Gasteiger partial charge in [0.2, 0.25) is 0 Å². The van der Waals surface area contributed by atoms with Crippen LogP contribution < -0.4 is 15.8 Å². The fourth-order valence-electron chi connectivity index (χ4n) is 1.35. The number of carbonyl (C=O) groups excluding carboxylic acids is 1. The Morgan fingerprint density at radius 3 is 2.59 bits per heavy atom. The van der Waals surface area contributed by atoms with E-state index < -0.39 is 0 Å². The molecule has 3 N–H and O–H groups in total. The second-order valence-electron chi connectivity index (χ2n) is 3.99. The van der Waals surface area contributed by atoms with Crippen LogP contribution in [-0.4, -0.2) is 25.1 Å². The summed E-state index contributed by atoms with van der Waals surface area (Å²) < 4.78 is 5.36. The van der Waals surface area contributed by atoms with Crippen LogP contribution >= 0.6 is 0 Å². The van der Waals surface area contributed by atoms with Crippen molar-refractivity contribution >= 4 is 5.91 Å². The molecule has 1 atom stereocenters. The van der Waals surface area contributed by atoms with Gasteiger partial charge in [-0.25, -0.2) is 0 Å². The molecular formula is C13H20N2O2. The van der Waals surface area contributed by atoms with Crippen LogP contribution in [0.15, 0.2) is 24.3 Å². The van der Waals surface area contributed by atoms with Crippen molar-refractivity contribution in [2.45, 2.75) is 26.3 Å². The van der Waals surface area contributed by atoms with Gasteiger partial charge in [0.15, 0.2) is 6.61 Å². The summed E-state index contributed by atoms with van der Waals surface area (Å²) in [6, 6.07) is 7.72. The first-order valence-corrected chi connectivity index (χ1v) is 5.87. The van der Waals surface area contributed by atoms with Gasteiger partial charge in [0.1, 0.15) is 5.75 Å². The maximum atomic E-state index is 11.4. The Kier molecular flexibility index (Phi) is 5.49. The lowest BCUT2D eigenvalue weighted by atomic mass is 10.2. The Balaban J connectivity index is 2.36. The molecule has 1 aromatic carbocycles. The molecule has 4 heteroatoms. The van der Waals surface area contributed by atoms with E-state index in [1.807, 2.05) is 31.2 Å². The number of aryl methyl sites for hydroxylation is 1. The van der Waals surface area contributed by atoms with Crippen molar-refractivity contribution in [1.82, 2.24) is 5.32 Å². The highest BCUT2D eigenvalue weighted by atomic mass is 16.5. The molecule has 4 nitrogen and oxygen atoms in total. The average molecular weight is 236 g/mol. The SMILES string of the molecule is CCc1ccc(OCC(=O)N[C@@H](C)CN)cc1. The smallest absolute Gasteiger partial charge is 0.258 e. The summed E-state index contributed by atoms with van der Waals surface area (Å²) in [5, 5.41) is 2.73. The summed E-state index contributed by atoms with van der Waals surface area (Å²) in [6.45, 7) is 4.40. The Hall–Kier alpha value is -1.55. The van der Waals surface area contributed by atoms with Crippen molar-refractivity contribution in [1.29, 1.82) is 0 Å². The van der Waals surface area contributed by atoms with Gasteiger partial charge >= 0.3 is 0 Å². The highest BCUT2D eigenvalue weighted by Gasteiger charge is 2.06. The molecule has 0 spiro atoms. The standard InChI is InChI=1S/C13H20N2O2/c1-3-11-4-6-12(7-5-11)17-9-13(16)15-10(2)8-14/h4-7,10H,3,8-9,14H2,1-2H3,(H,15,16)/t10-/m0/s1. The zero-order chi connectivity index (χ0) is 12.7. The minimum Gasteiger partial charge on any atom is -0.484 e. The van der Waals surface area contributed by atoms with Crippen LogP contribution in [0.1, 0.15) is 19.4 Å². The second kappa shape index (κ2) is 6.91. The van der Waals surface area contributed by atoms with Gasteiger partial charge in [-0.2, -0.15) is 0 Å². The molecule has 0 heterocycles. The van der Waals surface area contributed by atoms with Crippen LogP contribution in [0.4, 0.5) is 0 Å². The number of rotatable bonds is 6. The molecule has 1 aromatic rings. The molecule has 0 saturated heterocycles. The Bertz CT molecular complexity index is 349. The number of hydrogen-bond donors (Lipinski definition) is 2. The number of nitrogens with two attached hydrogens (primary N) is 1. The molecular weight excluding hydrogens is 216 g/mol. The second-order valence-corrected chi connectivity index (χ2v) is 3.99. The van der Waals surface area contributed by atoms with Crippen LogP contribution in [-0.2, 0) is 11.2 Å². The first-order chi connectivity index (χ1) is 8.15. The van der Waals surface area contributed by atoms with Gasteiger partial charge in [-0.3, -0.25) is 4.79 Å². The summed E-state index contributed by atoms with van der Waals surface area (Å²) in [7, 11) is 0. The lowest BCUT2D eigenvalue weighted by molar-refractivity contribution is -0.123. The summed E-state index contributed by atoms with van der Waals surface area (Å²) in [5.74, 6) is 0.556. The van der Waals surface area contributed by atoms with Crippen LogP contribution in [0.3, 0.4) is 0 Å². The maximum absolute atomic E-state index is 11.4. The third-order valence-corrected chi connectivity index (χ3v) is 2.46. The van der Waals surface area contributed by atoms with Crippen LogP contribution in [0.25, 0.3) is 0 Å². The first-order valence-electron chi connectivity index (χ1n) is 5.87. The molecule has 0 aliphatic rings. The van der Waals surface area contributed by atoms with Gasteiger partial charge in [0.25, 0.3) is 5.91 Å². The lowest BCUT2D eigenvalue weighted by Gasteiger charge is -2.12. The van der Waals surface area contributed by atoms with Gasteiger partial charge in [-0.15, -0.1) is 0 Å². The van der Waals surface area contributed by atoms with E-state index in [0.29, 0.717) is 12.3 Å². The van der Waals surface area contributed by atoms with Crippen molar-refractivity contribution in [3.63, 3.8) is 0 Å². The number of hydrogen-bond acceptors (Lipinski definition) is 3. The minimum absolute atomic E-state index is 0.0198. The predicted octanol–water partition coefficient (Wildman–Crippen LogP) is 1.09. The van der Waals surface area contributed by atoms with Crippen LogP contribution in [0.2, 0.25) is 0 Å². The summed E-state index contributed by atoms with van der Waals surface area (Å²) in [5.41, 5.74) is 6.65. The summed E-state index contributed by atoms with van der Waals surface area (Å²) in [6.07, 6.45) is 0.995. The molecule has 0 unspecified atom stereocenters. The Labute approximate surface area is 102 Å². The van der Waals surface area contributed by atoms with E-state index in [1.54, 1.807) is 0 Å². The normalized spacial score (nSPS) is 11.9. The number of benzene rings is 1. The molecule has 1 rings (SSSR count). The largest absolute Gasteiger partial charge is 0.484 e. The van der Waals surface area contributed by atoms with E-state index in [0.717, 1.165) is 6.42 Å². The third kappa shape index (κ3) is 4.87. The Morgan fingerprint density at radius 2 is 2.06 bits per heavy atom. The van der Waals surface area contributed by atoms with Crippen LogP contribution in [0.5, 0.6) is 5.75 Å². The Morgan fingerprint density at radius 1 is 1.41 bits per heavy atom. The average Bonchev–Trinajstić information content (AvgIpc) is 2.36. The van der Waals surface area contributed by atoms with E-state index >= 15 is 0 Å². The van der Waals surface area contributed by atoms with Crippen molar-refractivity contribution < 1.29 is 9.53 Å². The zero-order valence-electron chi connectivity index (χ0n) is 10.4. The summed E-state index contributed by atoms with van der Waals surface area (Å²) >= 11 is 0. The van der Waals surface area contributed by atoms with E-state index in [4.69, 9.17) is 10.5 Å². The topological polar surface area (TPSA) is 64.3 Å². The molecule has 0 saturated carbocycles. The van der Waals surface area contributed by atoms with E-state index in [1.165, 1.54) is 5.56 Å². The lowest BCUT2D eigenvalue weighted by Crippen LogP contribution is -2.40. The van der Waals surface area contributed by atoms with Gasteiger partial charge in [0, 0.05) is 12.6 Å². The third-order valence-electron chi connectivity index (χ3n) is 2.46. The van der Waals surface area contributed by atoms with Crippen molar-refractivity contribution in [3.8, 4) is 5.75 Å². The zero-order valence-corrected chi connectivity index (χ0v) is 10.4. The number of carbonyl (C=O) groups is 1. The minimum atomic E-state index is -0.150. The molecule has 0 aliphatic heterocycles. The molecule has 0 aliphatic carbocycles. The first kappa shape index (κ1) is 13.5. The monoisotopic (exact) mass is 236 g/mol. The van der Waals surface area contributed by atoms with E-state index in [2.05, 4.69) is 12.2 Å². The highest BCUT2D eigenvalue weighted by molar-refractivity contribution is 5.77. The quantitative estimate of drug-likeness (QED) is 0.777. The maximum Gasteiger partial charge on any atom is 0.258 e. The van der Waals surface area contributed by atoms with Crippen molar-refractivity contribution in [2.75, 3.05) is 13.2 Å². The molecule has 0 radical (unpaired) electrons. The fourth-order valence-corrected chi connectivity index (χ4v) is 1.35. The highest BCUT2D eigenvalue weighted by Crippen LogP contribution is 2.12. The van der Waals surface area contributed by atoms with E-state index in [-0.39, 0.29) is 18.6 Å². The van der Waals surface area contributed by atoms with Gasteiger partial charge in [-0.1, -0.05) is 19.1 Å². The van der Waals surface area contributed by atoms with E-state index in [9.17, 15) is 4.79 Å². The molecule has 17 heavy (non-hydrogen) atoms. The number of amides is 1. The van der Waals surface area contributed by atoms with Gasteiger partial charge in [-0.05, 0) is 31.0 Å². The predicted molar refractivity (Wildman–Crippen MR) is 68.0 cm³/mol. The summed E-state index contributed by atoms with van der Waals surface area (Å²) in [4.78, 5) is 11.4.